The summed E-state index contributed by atoms with van der Waals surface area (Å²) in [6, 6.07) is 10.9. The number of amides is 1. The number of hydrogen-bond acceptors (Lipinski definition) is 4. The summed E-state index contributed by atoms with van der Waals surface area (Å²) >= 11 is 0. The van der Waals surface area contributed by atoms with Gasteiger partial charge in [0.2, 0.25) is 5.91 Å². The second-order valence-electron chi connectivity index (χ2n) is 5.99. The van der Waals surface area contributed by atoms with Crippen LogP contribution in [0.1, 0.15) is 31.6 Å². The van der Waals surface area contributed by atoms with Crippen LogP contribution < -0.4 is 10.3 Å². The number of pyridine rings is 1. The predicted octanol–water partition coefficient (Wildman–Crippen LogP) is 3.46. The first-order valence-corrected chi connectivity index (χ1v) is 8.69. The molecule has 3 aromatic rings. The summed E-state index contributed by atoms with van der Waals surface area (Å²) in [7, 11) is 0. The fourth-order valence-electron chi connectivity index (χ4n) is 2.86. The van der Waals surface area contributed by atoms with Crippen molar-refractivity contribution in [2.24, 2.45) is 0 Å². The third-order valence-corrected chi connectivity index (χ3v) is 4.15. The molecular weight excluding hydrogens is 332 g/mol. The van der Waals surface area contributed by atoms with Gasteiger partial charge in [-0.25, -0.2) is 0 Å². The van der Waals surface area contributed by atoms with Crippen LogP contribution in [-0.2, 0) is 17.9 Å². The highest BCUT2D eigenvalue weighted by Gasteiger charge is 2.16. The van der Waals surface area contributed by atoms with Crippen LogP contribution in [0.15, 0.2) is 51.9 Å². The molecule has 0 fully saturated rings. The first-order chi connectivity index (χ1) is 12.6. The minimum Gasteiger partial charge on any atom is -0.494 e. The molecule has 0 bridgehead atoms. The molecule has 0 aliphatic carbocycles. The van der Waals surface area contributed by atoms with Crippen LogP contribution in [-0.4, -0.2) is 22.4 Å². The van der Waals surface area contributed by atoms with Crippen LogP contribution in [0.25, 0.3) is 10.9 Å². The topological polar surface area (TPSA) is 75.5 Å². The van der Waals surface area contributed by atoms with Gasteiger partial charge in [0, 0.05) is 22.9 Å². The zero-order valence-electron chi connectivity index (χ0n) is 15.0. The Kier molecular flexibility index (Phi) is 5.41. The first-order valence-electron chi connectivity index (χ1n) is 8.69. The molecule has 136 valence electrons. The molecule has 0 aliphatic heterocycles. The Morgan fingerprint density at radius 2 is 2.04 bits per heavy atom. The SMILES string of the molecule is CCOc1ccc2[nH]c(=O)c(CN(Cc3ccco3)C(=O)CC)cc2c1. The number of hydrogen-bond donors (Lipinski definition) is 1. The van der Waals surface area contributed by atoms with Crippen LogP contribution in [0.4, 0.5) is 0 Å². The third kappa shape index (κ3) is 3.96. The van der Waals surface area contributed by atoms with E-state index in [9.17, 15) is 9.59 Å². The van der Waals surface area contributed by atoms with E-state index in [2.05, 4.69) is 4.98 Å². The van der Waals surface area contributed by atoms with Gasteiger partial charge >= 0.3 is 0 Å². The molecule has 1 amide bonds. The van der Waals surface area contributed by atoms with E-state index >= 15 is 0 Å². The number of carbonyl (C=O) groups is 1. The monoisotopic (exact) mass is 354 g/mol. The van der Waals surface area contributed by atoms with Gasteiger partial charge in [0.15, 0.2) is 0 Å². The van der Waals surface area contributed by atoms with E-state index in [0.29, 0.717) is 30.9 Å². The molecule has 0 atom stereocenters. The summed E-state index contributed by atoms with van der Waals surface area (Å²) in [5.74, 6) is 1.39. The number of nitrogens with zero attached hydrogens (tertiary/aromatic N) is 1. The molecule has 0 saturated heterocycles. The first kappa shape index (κ1) is 17.8. The van der Waals surface area contributed by atoms with Crippen LogP contribution in [0, 0.1) is 0 Å². The third-order valence-electron chi connectivity index (χ3n) is 4.15. The molecule has 0 saturated carbocycles. The van der Waals surface area contributed by atoms with Gasteiger partial charge in [-0.15, -0.1) is 0 Å². The molecule has 0 aliphatic rings. The summed E-state index contributed by atoms with van der Waals surface area (Å²) < 4.78 is 10.9. The normalized spacial score (nSPS) is 10.8. The number of H-pyrrole nitrogens is 1. The summed E-state index contributed by atoms with van der Waals surface area (Å²) in [6.07, 6.45) is 1.93. The number of ether oxygens (including phenoxy) is 1. The number of nitrogens with one attached hydrogen (secondary N) is 1. The van der Waals surface area contributed by atoms with Crippen molar-refractivity contribution in [2.45, 2.75) is 33.4 Å². The second kappa shape index (κ2) is 7.91. The van der Waals surface area contributed by atoms with Crippen LogP contribution in [0.2, 0.25) is 0 Å². The maximum Gasteiger partial charge on any atom is 0.253 e. The lowest BCUT2D eigenvalue weighted by molar-refractivity contribution is -0.132. The molecule has 0 unspecified atom stereocenters. The van der Waals surface area contributed by atoms with E-state index in [4.69, 9.17) is 9.15 Å². The molecule has 26 heavy (non-hydrogen) atoms. The fraction of sp³-hybridized carbons (Fsp3) is 0.300. The van der Waals surface area contributed by atoms with Gasteiger partial charge in [0.1, 0.15) is 11.5 Å². The van der Waals surface area contributed by atoms with E-state index in [1.165, 1.54) is 0 Å². The van der Waals surface area contributed by atoms with E-state index in [1.807, 2.05) is 37.3 Å². The number of benzene rings is 1. The van der Waals surface area contributed by atoms with Gasteiger partial charge < -0.3 is 19.0 Å². The molecule has 2 aromatic heterocycles. The highest BCUT2D eigenvalue weighted by atomic mass is 16.5. The molecule has 0 radical (unpaired) electrons. The molecule has 3 rings (SSSR count). The van der Waals surface area contributed by atoms with Crippen molar-refractivity contribution < 1.29 is 13.9 Å². The Labute approximate surface area is 151 Å². The fourth-order valence-corrected chi connectivity index (χ4v) is 2.86. The predicted molar refractivity (Wildman–Crippen MR) is 99.0 cm³/mol. The van der Waals surface area contributed by atoms with Crippen molar-refractivity contribution in [2.75, 3.05) is 6.61 Å². The lowest BCUT2D eigenvalue weighted by Crippen LogP contribution is -2.31. The van der Waals surface area contributed by atoms with Crippen molar-refractivity contribution in [3.05, 3.63) is 64.3 Å². The smallest absolute Gasteiger partial charge is 0.253 e. The average molecular weight is 354 g/mol. The molecule has 0 spiro atoms. The lowest BCUT2D eigenvalue weighted by Gasteiger charge is -2.21. The van der Waals surface area contributed by atoms with Gasteiger partial charge in [0.05, 0.1) is 26.0 Å². The summed E-state index contributed by atoms with van der Waals surface area (Å²) in [6.45, 7) is 4.85. The number of fused-ring (bicyclic) bond motifs is 1. The average Bonchev–Trinajstić information content (AvgIpc) is 3.14. The van der Waals surface area contributed by atoms with Crippen molar-refractivity contribution >= 4 is 16.8 Å². The van der Waals surface area contributed by atoms with Crippen molar-refractivity contribution in [1.29, 1.82) is 0 Å². The van der Waals surface area contributed by atoms with Gasteiger partial charge in [-0.1, -0.05) is 6.92 Å². The molecule has 6 nitrogen and oxygen atoms in total. The van der Waals surface area contributed by atoms with E-state index in [1.54, 1.807) is 24.2 Å². The largest absolute Gasteiger partial charge is 0.494 e. The standard InChI is InChI=1S/C20H22N2O4/c1-3-19(23)22(13-17-6-5-9-26-17)12-15-10-14-11-16(25-4-2)7-8-18(14)21-20(15)24/h5-11H,3-4,12-13H2,1-2H3,(H,21,24). The van der Waals surface area contributed by atoms with Gasteiger partial charge in [-0.3, -0.25) is 9.59 Å². The Bertz CT molecular complexity index is 944. The maximum absolute atomic E-state index is 12.4. The minimum absolute atomic E-state index is 0.0380. The van der Waals surface area contributed by atoms with E-state index < -0.39 is 0 Å². The summed E-state index contributed by atoms with van der Waals surface area (Å²) in [5, 5.41) is 0.868. The zero-order valence-corrected chi connectivity index (χ0v) is 15.0. The highest BCUT2D eigenvalue weighted by Crippen LogP contribution is 2.20. The van der Waals surface area contributed by atoms with Crippen molar-refractivity contribution in [3.8, 4) is 5.75 Å². The van der Waals surface area contributed by atoms with E-state index in [0.717, 1.165) is 16.7 Å². The number of aromatic amines is 1. The minimum atomic E-state index is -0.199. The number of rotatable bonds is 7. The van der Waals surface area contributed by atoms with Crippen molar-refractivity contribution in [3.63, 3.8) is 0 Å². The Hall–Kier alpha value is -3.02. The maximum atomic E-state index is 12.4. The van der Waals surface area contributed by atoms with Crippen LogP contribution in [0.5, 0.6) is 5.75 Å². The quantitative estimate of drug-likeness (QED) is 0.705. The van der Waals surface area contributed by atoms with Crippen LogP contribution >= 0.6 is 0 Å². The highest BCUT2D eigenvalue weighted by molar-refractivity contribution is 5.81. The Morgan fingerprint density at radius 3 is 2.73 bits per heavy atom. The van der Waals surface area contributed by atoms with Gasteiger partial charge in [-0.2, -0.15) is 0 Å². The number of carbonyl (C=O) groups excluding carboxylic acids is 1. The number of furan rings is 1. The van der Waals surface area contributed by atoms with Crippen LogP contribution in [0.3, 0.4) is 0 Å². The van der Waals surface area contributed by atoms with Gasteiger partial charge in [0.25, 0.3) is 5.56 Å². The Balaban J connectivity index is 1.92. The molecular formula is C20H22N2O4. The van der Waals surface area contributed by atoms with E-state index in [-0.39, 0.29) is 18.0 Å². The summed E-state index contributed by atoms with van der Waals surface area (Å²) in [5.41, 5.74) is 1.07. The van der Waals surface area contributed by atoms with Crippen molar-refractivity contribution in [1.82, 2.24) is 9.88 Å². The summed E-state index contributed by atoms with van der Waals surface area (Å²) in [4.78, 5) is 29.3. The molecule has 1 N–H and O–H groups in total. The Morgan fingerprint density at radius 1 is 1.19 bits per heavy atom. The lowest BCUT2D eigenvalue weighted by atomic mass is 10.1. The molecule has 1 aromatic carbocycles. The second-order valence-corrected chi connectivity index (χ2v) is 5.99. The molecule has 6 heteroatoms. The zero-order chi connectivity index (χ0) is 18.5. The molecule has 2 heterocycles. The van der Waals surface area contributed by atoms with Gasteiger partial charge in [-0.05, 0) is 43.3 Å². The number of aromatic nitrogens is 1.